The fraction of sp³-hybridized carbons (Fsp3) is 0.630. The summed E-state index contributed by atoms with van der Waals surface area (Å²) in [4.78, 5) is 0. The molecule has 0 aliphatic heterocycles. The van der Waals surface area contributed by atoms with Crippen LogP contribution in [0.1, 0.15) is 96.0 Å². The van der Waals surface area contributed by atoms with E-state index in [-0.39, 0.29) is 0 Å². The molecule has 2 aliphatic carbocycles. The van der Waals surface area contributed by atoms with E-state index in [1.807, 2.05) is 0 Å². The summed E-state index contributed by atoms with van der Waals surface area (Å²) in [5, 5.41) is 0. The number of rotatable bonds is 9. The van der Waals surface area contributed by atoms with Gasteiger partial charge in [0.05, 0.1) is 0 Å². The van der Waals surface area contributed by atoms with Crippen LogP contribution >= 0.6 is 0 Å². The van der Waals surface area contributed by atoms with Crippen molar-refractivity contribution in [2.75, 3.05) is 0 Å². The van der Waals surface area contributed by atoms with Crippen molar-refractivity contribution < 1.29 is 8.78 Å². The fourth-order valence-corrected chi connectivity index (χ4v) is 5.25. The lowest BCUT2D eigenvalue weighted by molar-refractivity contribution is 0.212. The Balaban J connectivity index is 1.39. The molecule has 0 aromatic heterocycles. The van der Waals surface area contributed by atoms with Gasteiger partial charge in [-0.25, -0.2) is 8.78 Å². The Morgan fingerprint density at radius 2 is 1.59 bits per heavy atom. The highest BCUT2D eigenvalue weighted by Crippen LogP contribution is 2.41. The number of hydrogen-bond acceptors (Lipinski definition) is 0. The van der Waals surface area contributed by atoms with Gasteiger partial charge in [0, 0.05) is 6.07 Å². The van der Waals surface area contributed by atoms with Gasteiger partial charge < -0.3 is 0 Å². The van der Waals surface area contributed by atoms with Crippen LogP contribution in [0.3, 0.4) is 0 Å². The summed E-state index contributed by atoms with van der Waals surface area (Å²) >= 11 is 0. The molecule has 0 saturated heterocycles. The maximum absolute atomic E-state index is 13.5. The number of benzene rings is 1. The third-order valence-electron chi connectivity index (χ3n) is 7.05. The number of unbranched alkanes of at least 4 members (excludes halogenated alkanes) is 5. The van der Waals surface area contributed by atoms with Gasteiger partial charge in [0.2, 0.25) is 0 Å². The minimum atomic E-state index is -0.477. The van der Waals surface area contributed by atoms with E-state index >= 15 is 0 Å². The average molecular weight is 401 g/mol. The summed E-state index contributed by atoms with van der Waals surface area (Å²) in [6.45, 7) is 2.27. The van der Waals surface area contributed by atoms with Crippen LogP contribution in [0.2, 0.25) is 0 Å². The highest BCUT2D eigenvalue weighted by Gasteiger charge is 2.28. The maximum Gasteiger partial charge on any atom is 0.126 e. The number of allylic oxidation sites excluding steroid dienone is 4. The molecule has 1 atom stereocenters. The van der Waals surface area contributed by atoms with E-state index in [1.165, 1.54) is 76.3 Å². The molecule has 0 bridgehead atoms. The molecule has 0 radical (unpaired) electrons. The molecule has 0 amide bonds. The Morgan fingerprint density at radius 1 is 0.862 bits per heavy atom. The fourth-order valence-electron chi connectivity index (χ4n) is 5.25. The minimum Gasteiger partial charge on any atom is -0.207 e. The molecule has 3 rings (SSSR count). The van der Waals surface area contributed by atoms with Crippen LogP contribution in [0.5, 0.6) is 0 Å². The van der Waals surface area contributed by atoms with Gasteiger partial charge in [-0.05, 0) is 98.8 Å². The van der Waals surface area contributed by atoms with Crippen molar-refractivity contribution in [1.29, 1.82) is 0 Å². The van der Waals surface area contributed by atoms with Crippen molar-refractivity contribution in [1.82, 2.24) is 0 Å². The lowest BCUT2D eigenvalue weighted by Gasteiger charge is -2.35. The van der Waals surface area contributed by atoms with E-state index in [4.69, 9.17) is 0 Å². The molecule has 1 aromatic carbocycles. The SMILES string of the molecule is CCCCCCCC=CC1CCC(C2CC=C(c3cc(F)cc(F)c3)CC2)CC1. The Morgan fingerprint density at radius 3 is 2.24 bits per heavy atom. The Hall–Kier alpha value is -1.44. The van der Waals surface area contributed by atoms with Crippen LogP contribution in [0, 0.1) is 29.4 Å². The lowest BCUT2D eigenvalue weighted by Crippen LogP contribution is -2.22. The molecule has 1 fully saturated rings. The van der Waals surface area contributed by atoms with Crippen molar-refractivity contribution in [2.24, 2.45) is 17.8 Å². The van der Waals surface area contributed by atoms with Crippen LogP contribution < -0.4 is 0 Å². The van der Waals surface area contributed by atoms with Crippen LogP contribution in [-0.2, 0) is 0 Å². The zero-order valence-corrected chi connectivity index (χ0v) is 18.1. The molecule has 29 heavy (non-hydrogen) atoms. The van der Waals surface area contributed by atoms with Crippen LogP contribution in [0.25, 0.3) is 5.57 Å². The third kappa shape index (κ3) is 7.08. The van der Waals surface area contributed by atoms with E-state index < -0.39 is 11.6 Å². The first-order valence-corrected chi connectivity index (χ1v) is 12.0. The first-order valence-electron chi connectivity index (χ1n) is 12.0. The van der Waals surface area contributed by atoms with Gasteiger partial charge >= 0.3 is 0 Å². The highest BCUT2D eigenvalue weighted by atomic mass is 19.1. The second kappa shape index (κ2) is 11.7. The van der Waals surface area contributed by atoms with Crippen molar-refractivity contribution in [3.63, 3.8) is 0 Å². The zero-order chi connectivity index (χ0) is 20.5. The van der Waals surface area contributed by atoms with Gasteiger partial charge in [0.15, 0.2) is 0 Å². The smallest absolute Gasteiger partial charge is 0.126 e. The minimum absolute atomic E-state index is 0.477. The zero-order valence-electron chi connectivity index (χ0n) is 18.1. The largest absolute Gasteiger partial charge is 0.207 e. The molecule has 0 spiro atoms. The number of hydrogen-bond donors (Lipinski definition) is 0. The normalized spacial score (nSPS) is 25.3. The van der Waals surface area contributed by atoms with Crippen LogP contribution in [0.15, 0.2) is 36.4 Å². The predicted octanol–water partition coefficient (Wildman–Crippen LogP) is 8.87. The highest BCUT2D eigenvalue weighted by molar-refractivity contribution is 5.66. The summed E-state index contributed by atoms with van der Waals surface area (Å²) in [5.41, 5.74) is 1.85. The predicted molar refractivity (Wildman–Crippen MR) is 120 cm³/mol. The van der Waals surface area contributed by atoms with E-state index in [2.05, 4.69) is 25.2 Å². The summed E-state index contributed by atoms with van der Waals surface area (Å²) < 4.78 is 27.0. The van der Waals surface area contributed by atoms with E-state index in [0.29, 0.717) is 0 Å². The summed E-state index contributed by atoms with van der Waals surface area (Å²) in [5.74, 6) is 1.41. The van der Waals surface area contributed by atoms with Gasteiger partial charge in [-0.1, -0.05) is 50.8 Å². The first kappa shape index (κ1) is 22.2. The molecule has 160 valence electrons. The first-order chi connectivity index (χ1) is 14.2. The standard InChI is InChI=1S/C27H38F2/c1-2-3-4-5-6-7-8-9-21-10-12-22(13-11-21)23-14-16-24(17-15-23)25-18-26(28)20-27(29)19-25/h8-9,16,18-23H,2-7,10-15,17H2,1H3. The second-order valence-electron chi connectivity index (χ2n) is 9.23. The van der Waals surface area contributed by atoms with Crippen LogP contribution in [-0.4, -0.2) is 0 Å². The molecule has 2 heteroatoms. The van der Waals surface area contributed by atoms with Crippen molar-refractivity contribution >= 4 is 5.57 Å². The molecule has 1 saturated carbocycles. The quantitative estimate of drug-likeness (QED) is 0.287. The van der Waals surface area contributed by atoms with Gasteiger partial charge in [-0.15, -0.1) is 0 Å². The maximum atomic E-state index is 13.5. The van der Waals surface area contributed by atoms with Crippen molar-refractivity contribution in [3.05, 3.63) is 53.6 Å². The van der Waals surface area contributed by atoms with E-state index in [9.17, 15) is 8.78 Å². The molecule has 0 N–H and O–H groups in total. The molecule has 0 nitrogen and oxygen atoms in total. The van der Waals surface area contributed by atoms with Gasteiger partial charge in [0.25, 0.3) is 0 Å². The molecular weight excluding hydrogens is 362 g/mol. The van der Waals surface area contributed by atoms with Gasteiger partial charge in [0.1, 0.15) is 11.6 Å². The molecule has 1 unspecified atom stereocenters. The molecular formula is C27H38F2. The summed E-state index contributed by atoms with van der Waals surface area (Å²) in [6.07, 6.45) is 23.8. The second-order valence-corrected chi connectivity index (χ2v) is 9.23. The van der Waals surface area contributed by atoms with E-state index in [0.717, 1.165) is 54.2 Å². The van der Waals surface area contributed by atoms with Crippen LogP contribution in [0.4, 0.5) is 8.78 Å². The monoisotopic (exact) mass is 400 g/mol. The summed E-state index contributed by atoms with van der Waals surface area (Å²) in [6, 6.07) is 3.89. The number of halogens is 2. The lowest BCUT2D eigenvalue weighted by atomic mass is 9.71. The van der Waals surface area contributed by atoms with Gasteiger partial charge in [-0.3, -0.25) is 0 Å². The molecule has 1 aromatic rings. The molecule has 0 heterocycles. The van der Waals surface area contributed by atoms with Gasteiger partial charge in [-0.2, -0.15) is 0 Å². The molecule has 2 aliphatic rings. The van der Waals surface area contributed by atoms with Crippen molar-refractivity contribution in [3.8, 4) is 0 Å². The topological polar surface area (TPSA) is 0 Å². The van der Waals surface area contributed by atoms with Crippen molar-refractivity contribution in [2.45, 2.75) is 90.4 Å². The summed E-state index contributed by atoms with van der Waals surface area (Å²) in [7, 11) is 0. The average Bonchev–Trinajstić information content (AvgIpc) is 2.73. The van der Waals surface area contributed by atoms with E-state index in [1.54, 1.807) is 0 Å². The Kier molecular flexibility index (Phi) is 8.95. The Bertz CT molecular complexity index is 660. The third-order valence-corrected chi connectivity index (χ3v) is 7.05. The Labute approximate surface area is 176 Å².